The van der Waals surface area contributed by atoms with Crippen LogP contribution in [0, 0.1) is 0 Å². The summed E-state index contributed by atoms with van der Waals surface area (Å²) in [4.78, 5) is 32.5. The normalized spacial score (nSPS) is 13.7. The maximum Gasteiger partial charge on any atom is 0.326 e. The van der Waals surface area contributed by atoms with Crippen LogP contribution in [0.15, 0.2) is 0 Å². The number of hydrogen-bond donors (Lipinski definition) is 4. The Hall–Kier alpha value is -1.63. The zero-order valence-electron chi connectivity index (χ0n) is 10.3. The highest BCUT2D eigenvalue weighted by atomic mass is 16.4. The summed E-state index contributed by atoms with van der Waals surface area (Å²) in [6.45, 7) is 1.86. The molecule has 0 spiro atoms. The zero-order valence-corrected chi connectivity index (χ0v) is 10.3. The van der Waals surface area contributed by atoms with Gasteiger partial charge >= 0.3 is 11.9 Å². The highest BCUT2D eigenvalue weighted by Gasteiger charge is 2.21. The lowest BCUT2D eigenvalue weighted by Gasteiger charge is -2.15. The number of carboxylic acid groups (broad SMARTS) is 2. The number of aliphatic hydroxyl groups excluding tert-OH is 1. The molecular weight excluding hydrogens is 242 g/mol. The van der Waals surface area contributed by atoms with Crippen molar-refractivity contribution in [2.24, 2.45) is 0 Å². The van der Waals surface area contributed by atoms with Crippen LogP contribution < -0.4 is 5.32 Å². The van der Waals surface area contributed by atoms with Crippen molar-refractivity contribution >= 4 is 17.8 Å². The molecule has 0 aliphatic heterocycles. The van der Waals surface area contributed by atoms with Gasteiger partial charge in [-0.05, 0) is 12.8 Å². The molecule has 0 bridgehead atoms. The Kier molecular flexibility index (Phi) is 7.69. The third-order valence-electron chi connectivity index (χ3n) is 2.32. The Morgan fingerprint density at radius 1 is 1.17 bits per heavy atom. The van der Waals surface area contributed by atoms with E-state index in [-0.39, 0.29) is 19.3 Å². The molecule has 0 aromatic carbocycles. The second-order valence-electron chi connectivity index (χ2n) is 4.04. The summed E-state index contributed by atoms with van der Waals surface area (Å²) in [7, 11) is 0. The third-order valence-corrected chi connectivity index (χ3v) is 2.32. The SMILES string of the molecule is CCCC(O)CC(=O)NC(CCC(=O)O)C(=O)O. The van der Waals surface area contributed by atoms with Crippen molar-refractivity contribution in [3.8, 4) is 0 Å². The number of aliphatic hydroxyl groups is 1. The second-order valence-corrected chi connectivity index (χ2v) is 4.04. The van der Waals surface area contributed by atoms with Gasteiger partial charge in [0.15, 0.2) is 0 Å². The molecule has 0 heterocycles. The van der Waals surface area contributed by atoms with Crippen molar-refractivity contribution in [3.05, 3.63) is 0 Å². The van der Waals surface area contributed by atoms with Gasteiger partial charge in [0.25, 0.3) is 0 Å². The smallest absolute Gasteiger partial charge is 0.326 e. The van der Waals surface area contributed by atoms with E-state index in [1.54, 1.807) is 0 Å². The second kappa shape index (κ2) is 8.46. The molecule has 0 fully saturated rings. The number of carbonyl (C=O) groups is 3. The zero-order chi connectivity index (χ0) is 14.1. The predicted octanol–water partition coefficient (Wildman–Crippen LogP) is -0.0283. The number of hydrogen-bond acceptors (Lipinski definition) is 4. The molecule has 0 saturated carbocycles. The molecule has 2 atom stereocenters. The fourth-order valence-corrected chi connectivity index (χ4v) is 1.43. The molecule has 0 radical (unpaired) electrons. The van der Waals surface area contributed by atoms with Crippen LogP contribution in [0.4, 0.5) is 0 Å². The van der Waals surface area contributed by atoms with E-state index in [9.17, 15) is 19.5 Å². The largest absolute Gasteiger partial charge is 0.481 e. The van der Waals surface area contributed by atoms with E-state index in [1.165, 1.54) is 0 Å². The molecule has 0 saturated heterocycles. The summed E-state index contributed by atoms with van der Waals surface area (Å²) in [5, 5.41) is 28.8. The van der Waals surface area contributed by atoms with Gasteiger partial charge in [-0.2, -0.15) is 0 Å². The van der Waals surface area contributed by atoms with Crippen molar-refractivity contribution in [2.75, 3.05) is 0 Å². The van der Waals surface area contributed by atoms with Crippen molar-refractivity contribution in [1.82, 2.24) is 5.32 Å². The molecule has 4 N–H and O–H groups in total. The van der Waals surface area contributed by atoms with Gasteiger partial charge in [0.1, 0.15) is 6.04 Å². The summed E-state index contributed by atoms with van der Waals surface area (Å²) < 4.78 is 0. The first-order valence-corrected chi connectivity index (χ1v) is 5.78. The van der Waals surface area contributed by atoms with Gasteiger partial charge in [0.2, 0.25) is 5.91 Å². The maximum atomic E-state index is 11.4. The van der Waals surface area contributed by atoms with E-state index in [0.717, 1.165) is 6.42 Å². The van der Waals surface area contributed by atoms with Gasteiger partial charge in [-0.3, -0.25) is 9.59 Å². The first-order valence-electron chi connectivity index (χ1n) is 5.78. The summed E-state index contributed by atoms with van der Waals surface area (Å²) in [6, 6.07) is -1.23. The molecule has 1 amide bonds. The molecule has 2 unspecified atom stereocenters. The average Bonchev–Trinajstić information content (AvgIpc) is 2.23. The summed E-state index contributed by atoms with van der Waals surface area (Å²) in [6.07, 6.45) is -0.320. The van der Waals surface area contributed by atoms with E-state index in [1.807, 2.05) is 6.92 Å². The van der Waals surface area contributed by atoms with Crippen molar-refractivity contribution in [3.63, 3.8) is 0 Å². The van der Waals surface area contributed by atoms with Crippen molar-refractivity contribution in [1.29, 1.82) is 0 Å². The Labute approximate surface area is 105 Å². The molecular formula is C11H19NO6. The Morgan fingerprint density at radius 3 is 2.22 bits per heavy atom. The van der Waals surface area contributed by atoms with Gasteiger partial charge in [0.05, 0.1) is 12.5 Å². The fourth-order valence-electron chi connectivity index (χ4n) is 1.43. The molecule has 18 heavy (non-hydrogen) atoms. The molecule has 104 valence electrons. The van der Waals surface area contributed by atoms with E-state index < -0.39 is 30.0 Å². The number of carbonyl (C=O) groups excluding carboxylic acids is 1. The number of aliphatic carboxylic acids is 2. The van der Waals surface area contributed by atoms with Gasteiger partial charge in [-0.1, -0.05) is 13.3 Å². The third kappa shape index (κ3) is 7.61. The molecule has 0 aliphatic rings. The molecule has 7 heteroatoms. The van der Waals surface area contributed by atoms with Gasteiger partial charge in [-0.15, -0.1) is 0 Å². The number of rotatable bonds is 9. The van der Waals surface area contributed by atoms with Crippen LogP contribution in [0.1, 0.15) is 39.0 Å². The minimum atomic E-state index is -1.28. The number of amides is 1. The van der Waals surface area contributed by atoms with E-state index in [4.69, 9.17) is 10.2 Å². The monoisotopic (exact) mass is 261 g/mol. The van der Waals surface area contributed by atoms with Crippen LogP contribution in [0.25, 0.3) is 0 Å². The molecule has 0 aromatic heterocycles. The van der Waals surface area contributed by atoms with Crippen LogP contribution in [0.5, 0.6) is 0 Å². The minimum absolute atomic E-state index is 0.176. The highest BCUT2D eigenvalue weighted by Crippen LogP contribution is 2.03. The summed E-state index contributed by atoms with van der Waals surface area (Å²) >= 11 is 0. The van der Waals surface area contributed by atoms with Crippen molar-refractivity contribution in [2.45, 2.75) is 51.2 Å². The standard InChI is InChI=1S/C11H19NO6/c1-2-3-7(13)6-9(14)12-8(11(17)18)4-5-10(15)16/h7-8,13H,2-6H2,1H3,(H,12,14)(H,15,16)(H,17,18). The quantitative estimate of drug-likeness (QED) is 0.462. The number of carboxylic acids is 2. The molecule has 0 aromatic rings. The Morgan fingerprint density at radius 2 is 1.78 bits per heavy atom. The Bertz CT molecular complexity index is 304. The van der Waals surface area contributed by atoms with Crippen LogP contribution in [-0.4, -0.2) is 45.3 Å². The van der Waals surface area contributed by atoms with E-state index >= 15 is 0 Å². The van der Waals surface area contributed by atoms with E-state index in [2.05, 4.69) is 5.32 Å². The molecule has 0 aliphatic carbocycles. The summed E-state index contributed by atoms with van der Waals surface area (Å²) in [5.41, 5.74) is 0. The summed E-state index contributed by atoms with van der Waals surface area (Å²) in [5.74, 6) is -3.00. The topological polar surface area (TPSA) is 124 Å². The van der Waals surface area contributed by atoms with E-state index in [0.29, 0.717) is 6.42 Å². The van der Waals surface area contributed by atoms with Crippen LogP contribution in [0.2, 0.25) is 0 Å². The lowest BCUT2D eigenvalue weighted by molar-refractivity contribution is -0.143. The average molecular weight is 261 g/mol. The van der Waals surface area contributed by atoms with Crippen LogP contribution in [0.3, 0.4) is 0 Å². The molecule has 0 rings (SSSR count). The predicted molar refractivity (Wildman–Crippen MR) is 62.0 cm³/mol. The Balaban J connectivity index is 4.19. The van der Waals surface area contributed by atoms with Crippen molar-refractivity contribution < 1.29 is 29.7 Å². The van der Waals surface area contributed by atoms with Gasteiger partial charge < -0.3 is 20.6 Å². The first-order chi connectivity index (χ1) is 8.36. The lowest BCUT2D eigenvalue weighted by atomic mass is 10.1. The first kappa shape index (κ1) is 16.4. The molecule has 7 nitrogen and oxygen atoms in total. The minimum Gasteiger partial charge on any atom is -0.481 e. The highest BCUT2D eigenvalue weighted by molar-refractivity contribution is 5.84. The number of nitrogens with one attached hydrogen (secondary N) is 1. The van der Waals surface area contributed by atoms with Gasteiger partial charge in [0, 0.05) is 6.42 Å². The van der Waals surface area contributed by atoms with Crippen LogP contribution >= 0.6 is 0 Å². The fraction of sp³-hybridized carbons (Fsp3) is 0.727. The van der Waals surface area contributed by atoms with Gasteiger partial charge in [-0.25, -0.2) is 4.79 Å². The lowest BCUT2D eigenvalue weighted by Crippen LogP contribution is -2.42. The maximum absolute atomic E-state index is 11.4. The van der Waals surface area contributed by atoms with Crippen LogP contribution in [-0.2, 0) is 14.4 Å².